The molecular formula is C19H19ClFN3O2. The fraction of sp³-hybridized carbons (Fsp3) is 0.368. The van der Waals surface area contributed by atoms with E-state index in [0.29, 0.717) is 23.8 Å². The monoisotopic (exact) mass is 375 g/mol. The topological polar surface area (TPSA) is 49.6 Å². The van der Waals surface area contributed by atoms with E-state index in [1.54, 1.807) is 18.2 Å². The van der Waals surface area contributed by atoms with E-state index in [2.05, 4.69) is 9.80 Å². The Labute approximate surface area is 156 Å². The van der Waals surface area contributed by atoms with Gasteiger partial charge in [0.05, 0.1) is 4.92 Å². The zero-order valence-corrected chi connectivity index (χ0v) is 15.2. The van der Waals surface area contributed by atoms with Crippen molar-refractivity contribution in [3.63, 3.8) is 0 Å². The van der Waals surface area contributed by atoms with Crippen molar-refractivity contribution >= 4 is 28.7 Å². The van der Waals surface area contributed by atoms with Gasteiger partial charge < -0.3 is 9.80 Å². The van der Waals surface area contributed by atoms with Crippen molar-refractivity contribution in [2.24, 2.45) is 0 Å². The van der Waals surface area contributed by atoms with E-state index in [0.717, 1.165) is 24.9 Å². The zero-order chi connectivity index (χ0) is 18.5. The van der Waals surface area contributed by atoms with Crippen LogP contribution in [-0.2, 0) is 6.42 Å². The normalized spacial score (nSPS) is 18.3. The molecular weight excluding hydrogens is 357 g/mol. The van der Waals surface area contributed by atoms with Gasteiger partial charge >= 0.3 is 0 Å². The SMILES string of the molecule is CN1c2cc(F)ccc2CC12CCN(c1ccc(Cl)cc1[N+](=O)[O-])CC2. The number of nitrogens with zero attached hydrogens (tertiary/aromatic N) is 3. The molecule has 7 heteroatoms. The molecule has 26 heavy (non-hydrogen) atoms. The number of likely N-dealkylation sites (N-methyl/N-ethyl adjacent to an activating group) is 1. The summed E-state index contributed by atoms with van der Waals surface area (Å²) in [7, 11) is 2.02. The maximum Gasteiger partial charge on any atom is 0.294 e. The Kier molecular flexibility index (Phi) is 4.03. The van der Waals surface area contributed by atoms with Gasteiger partial charge in [-0.25, -0.2) is 4.39 Å². The fourth-order valence-electron chi connectivity index (χ4n) is 4.31. The third kappa shape index (κ3) is 2.69. The van der Waals surface area contributed by atoms with Crippen molar-refractivity contribution in [1.29, 1.82) is 0 Å². The summed E-state index contributed by atoms with van der Waals surface area (Å²) in [6.07, 6.45) is 2.61. The number of benzene rings is 2. The van der Waals surface area contributed by atoms with Crippen molar-refractivity contribution in [2.75, 3.05) is 29.9 Å². The highest BCUT2D eigenvalue weighted by atomic mass is 35.5. The summed E-state index contributed by atoms with van der Waals surface area (Å²) in [6.45, 7) is 1.42. The van der Waals surface area contributed by atoms with Gasteiger partial charge in [0.15, 0.2) is 0 Å². The maximum atomic E-state index is 13.6. The van der Waals surface area contributed by atoms with Gasteiger partial charge in [0.1, 0.15) is 11.5 Å². The van der Waals surface area contributed by atoms with Crippen LogP contribution in [0.3, 0.4) is 0 Å². The first-order valence-corrected chi connectivity index (χ1v) is 8.99. The molecule has 136 valence electrons. The number of piperidine rings is 1. The average Bonchev–Trinajstić information content (AvgIpc) is 2.88. The lowest BCUT2D eigenvalue weighted by molar-refractivity contribution is -0.384. The molecule has 0 unspecified atom stereocenters. The standard InChI is InChI=1S/C19H19ClFN3O2/c1-22-17-11-15(21)4-2-13(17)12-19(22)6-8-23(9-7-19)16-5-3-14(20)10-18(16)24(25)26/h2-5,10-11H,6-9,12H2,1H3. The Morgan fingerprint density at radius 3 is 2.58 bits per heavy atom. The van der Waals surface area contributed by atoms with Crippen LogP contribution in [0.15, 0.2) is 36.4 Å². The van der Waals surface area contributed by atoms with Crippen LogP contribution >= 0.6 is 11.6 Å². The first-order chi connectivity index (χ1) is 12.4. The van der Waals surface area contributed by atoms with E-state index in [4.69, 9.17) is 11.6 Å². The van der Waals surface area contributed by atoms with Crippen molar-refractivity contribution < 1.29 is 9.31 Å². The summed E-state index contributed by atoms with van der Waals surface area (Å²) in [4.78, 5) is 15.2. The molecule has 0 saturated carbocycles. The second-order valence-corrected chi connectivity index (χ2v) is 7.55. The van der Waals surface area contributed by atoms with E-state index < -0.39 is 0 Å². The first-order valence-electron chi connectivity index (χ1n) is 8.61. The highest BCUT2D eigenvalue weighted by Crippen LogP contribution is 2.45. The van der Waals surface area contributed by atoms with Crippen molar-refractivity contribution in [3.05, 3.63) is 62.9 Å². The largest absolute Gasteiger partial charge is 0.368 e. The van der Waals surface area contributed by atoms with Crippen LogP contribution in [0.25, 0.3) is 0 Å². The number of nitro benzene ring substituents is 1. The van der Waals surface area contributed by atoms with E-state index in [-0.39, 0.29) is 22.0 Å². The third-order valence-corrected chi connectivity index (χ3v) is 6.04. The van der Waals surface area contributed by atoms with Crippen LogP contribution in [0.5, 0.6) is 0 Å². The van der Waals surface area contributed by atoms with E-state index in [9.17, 15) is 14.5 Å². The second-order valence-electron chi connectivity index (χ2n) is 7.11. The molecule has 2 aromatic rings. The average molecular weight is 376 g/mol. The zero-order valence-electron chi connectivity index (χ0n) is 14.4. The van der Waals surface area contributed by atoms with Gasteiger partial charge in [-0.15, -0.1) is 0 Å². The molecule has 1 saturated heterocycles. The minimum atomic E-state index is -0.383. The summed E-state index contributed by atoms with van der Waals surface area (Å²) < 4.78 is 13.6. The van der Waals surface area contributed by atoms with Gasteiger partial charge in [-0.3, -0.25) is 10.1 Å². The predicted molar refractivity (Wildman–Crippen MR) is 101 cm³/mol. The molecule has 0 N–H and O–H groups in total. The molecule has 0 bridgehead atoms. The molecule has 0 aromatic heterocycles. The number of nitro groups is 1. The van der Waals surface area contributed by atoms with E-state index >= 15 is 0 Å². The van der Waals surface area contributed by atoms with Gasteiger partial charge in [0.2, 0.25) is 0 Å². The Morgan fingerprint density at radius 1 is 1.15 bits per heavy atom. The molecule has 0 aliphatic carbocycles. The van der Waals surface area contributed by atoms with Crippen LogP contribution < -0.4 is 9.80 Å². The number of hydrogen-bond donors (Lipinski definition) is 0. The van der Waals surface area contributed by atoms with Crippen molar-refractivity contribution in [1.82, 2.24) is 0 Å². The van der Waals surface area contributed by atoms with Gasteiger partial charge in [0.25, 0.3) is 5.69 Å². The molecule has 1 fully saturated rings. The Bertz CT molecular complexity index is 881. The first kappa shape index (κ1) is 17.1. The Morgan fingerprint density at radius 2 is 1.88 bits per heavy atom. The quantitative estimate of drug-likeness (QED) is 0.576. The highest BCUT2D eigenvalue weighted by Gasteiger charge is 2.44. The smallest absolute Gasteiger partial charge is 0.294 e. The number of rotatable bonds is 2. The maximum absolute atomic E-state index is 13.6. The van der Waals surface area contributed by atoms with Crippen LogP contribution in [-0.4, -0.2) is 30.6 Å². The number of halogens is 2. The molecule has 0 amide bonds. The molecule has 2 aliphatic heterocycles. The van der Waals surface area contributed by atoms with Gasteiger partial charge in [-0.05, 0) is 49.1 Å². The van der Waals surface area contributed by atoms with Gasteiger partial charge in [-0.2, -0.15) is 0 Å². The summed E-state index contributed by atoms with van der Waals surface area (Å²) in [6, 6.07) is 9.79. The lowest BCUT2D eigenvalue weighted by atomic mass is 9.84. The van der Waals surface area contributed by atoms with Crippen LogP contribution in [0.2, 0.25) is 5.02 Å². The summed E-state index contributed by atoms with van der Waals surface area (Å²) in [5.41, 5.74) is 2.72. The molecule has 0 atom stereocenters. The molecule has 5 nitrogen and oxygen atoms in total. The number of anilines is 2. The summed E-state index contributed by atoms with van der Waals surface area (Å²) in [5, 5.41) is 11.7. The minimum Gasteiger partial charge on any atom is -0.368 e. The van der Waals surface area contributed by atoms with E-state index in [1.165, 1.54) is 17.7 Å². The lowest BCUT2D eigenvalue weighted by Crippen LogP contribution is -2.53. The number of fused-ring (bicyclic) bond motifs is 1. The van der Waals surface area contributed by atoms with Crippen LogP contribution in [0.1, 0.15) is 18.4 Å². The molecule has 2 aliphatic rings. The van der Waals surface area contributed by atoms with Crippen LogP contribution in [0.4, 0.5) is 21.5 Å². The number of hydrogen-bond acceptors (Lipinski definition) is 4. The molecule has 2 heterocycles. The molecule has 1 spiro atoms. The lowest BCUT2D eigenvalue weighted by Gasteiger charge is -2.45. The van der Waals surface area contributed by atoms with Crippen molar-refractivity contribution in [2.45, 2.75) is 24.8 Å². The minimum absolute atomic E-state index is 0.0404. The summed E-state index contributed by atoms with van der Waals surface area (Å²) in [5.74, 6) is -0.220. The van der Waals surface area contributed by atoms with E-state index in [1.807, 2.05) is 13.1 Å². The summed E-state index contributed by atoms with van der Waals surface area (Å²) >= 11 is 5.92. The Hall–Kier alpha value is -2.34. The third-order valence-electron chi connectivity index (χ3n) is 5.81. The predicted octanol–water partition coefficient (Wildman–Crippen LogP) is 4.42. The highest BCUT2D eigenvalue weighted by molar-refractivity contribution is 6.30. The molecule has 0 radical (unpaired) electrons. The van der Waals surface area contributed by atoms with Gasteiger partial charge in [0, 0.05) is 42.5 Å². The van der Waals surface area contributed by atoms with Crippen molar-refractivity contribution in [3.8, 4) is 0 Å². The second kappa shape index (κ2) is 6.13. The van der Waals surface area contributed by atoms with Gasteiger partial charge in [-0.1, -0.05) is 17.7 Å². The van der Waals surface area contributed by atoms with Crippen LogP contribution in [0, 0.1) is 15.9 Å². The molecule has 4 rings (SSSR count). The fourth-order valence-corrected chi connectivity index (χ4v) is 4.48. The Balaban J connectivity index is 1.57. The molecule has 2 aromatic carbocycles.